The van der Waals surface area contributed by atoms with E-state index in [2.05, 4.69) is 47.4 Å². The van der Waals surface area contributed by atoms with Crippen molar-refractivity contribution in [3.05, 3.63) is 71.0 Å². The maximum absolute atomic E-state index is 13.0. The second kappa shape index (κ2) is 16.2. The minimum absolute atomic E-state index is 0.0328. The zero-order valence-corrected chi connectivity index (χ0v) is 31.5. The molecule has 4 fully saturated rings. The number of ether oxygens (including phenoxy) is 1. The van der Waals surface area contributed by atoms with Crippen molar-refractivity contribution in [3.8, 4) is 11.8 Å². The van der Waals surface area contributed by atoms with Gasteiger partial charge in [-0.25, -0.2) is 4.79 Å². The molecule has 2 aromatic heterocycles. The van der Waals surface area contributed by atoms with Gasteiger partial charge in [-0.1, -0.05) is 17.7 Å². The highest BCUT2D eigenvalue weighted by Crippen LogP contribution is 2.33. The lowest BCUT2D eigenvalue weighted by Crippen LogP contribution is -2.49. The average molecular weight is 765 g/mol. The van der Waals surface area contributed by atoms with Gasteiger partial charge >= 0.3 is 6.03 Å². The predicted molar refractivity (Wildman–Crippen MR) is 207 cm³/mol. The first-order chi connectivity index (χ1) is 26.8. The van der Waals surface area contributed by atoms with Crippen LogP contribution in [0.15, 0.2) is 54.7 Å². The summed E-state index contributed by atoms with van der Waals surface area (Å²) in [4.78, 5) is 43.7. The van der Waals surface area contributed by atoms with E-state index in [9.17, 15) is 14.4 Å². The van der Waals surface area contributed by atoms with Crippen molar-refractivity contribution in [3.63, 3.8) is 0 Å². The minimum atomic E-state index is -0.381. The number of hydrogen-bond acceptors (Lipinski definition) is 10. The van der Waals surface area contributed by atoms with Crippen LogP contribution in [0.2, 0.25) is 5.02 Å². The number of hydrogen-bond donors (Lipinski definition) is 2. The van der Waals surface area contributed by atoms with Crippen LogP contribution < -0.4 is 25.2 Å². The highest BCUT2D eigenvalue weighted by Gasteiger charge is 2.30. The molecule has 0 bridgehead atoms. The molecule has 0 radical (unpaired) electrons. The van der Waals surface area contributed by atoms with Crippen LogP contribution in [0.25, 0.3) is 10.9 Å². The van der Waals surface area contributed by atoms with Crippen LogP contribution in [-0.4, -0.2) is 94.1 Å². The molecule has 8 rings (SSSR count). The van der Waals surface area contributed by atoms with Crippen LogP contribution in [0, 0.1) is 17.2 Å². The largest absolute Gasteiger partial charge is 0.490 e. The number of carbonyl (C=O) groups is 3. The molecule has 4 aromatic rings. The number of likely N-dealkylation sites (tertiary alicyclic amines) is 1. The van der Waals surface area contributed by atoms with Crippen molar-refractivity contribution in [2.24, 2.45) is 5.92 Å². The van der Waals surface area contributed by atoms with Crippen LogP contribution in [-0.2, 0) is 4.79 Å². The van der Waals surface area contributed by atoms with E-state index >= 15 is 0 Å². The molecule has 0 spiro atoms. The predicted octanol–water partition coefficient (Wildman–Crippen LogP) is 5.47. The van der Waals surface area contributed by atoms with Gasteiger partial charge in [-0.15, -0.1) is 10.2 Å². The standard InChI is InChI=1S/C40H45ClN10O4/c41-33-22-31(7-4-27(33)23-42)55-30-8-5-28(6-9-30)44-39(53)34-10-11-37(47-46-34)49-19-12-26(13-20-49)25-48-17-14-29(15-18-48)51-36-3-1-2-35(32(36)24-43-51)50-21-16-38(52)45-40(50)54/h1-4,7,10-11,22,24,26,28-30H,5-6,8-9,12-21,25H2,(H,44,53)(H,45,52,54)/t28-,30-. The first-order valence-corrected chi connectivity index (χ1v) is 19.7. The Labute approximate surface area is 324 Å². The van der Waals surface area contributed by atoms with E-state index in [0.717, 1.165) is 106 Å². The maximum atomic E-state index is 13.0. The number of anilines is 2. The molecule has 2 aromatic carbocycles. The van der Waals surface area contributed by atoms with Crippen LogP contribution in [0.4, 0.5) is 16.3 Å². The molecule has 3 saturated heterocycles. The third kappa shape index (κ3) is 8.23. The zero-order valence-electron chi connectivity index (χ0n) is 30.7. The van der Waals surface area contributed by atoms with E-state index in [1.165, 1.54) is 0 Å². The summed E-state index contributed by atoms with van der Waals surface area (Å²) >= 11 is 6.15. The fraction of sp³-hybridized carbons (Fsp3) is 0.475. The van der Waals surface area contributed by atoms with E-state index < -0.39 is 0 Å². The molecule has 55 heavy (non-hydrogen) atoms. The number of amides is 4. The Kier molecular flexibility index (Phi) is 10.8. The summed E-state index contributed by atoms with van der Waals surface area (Å²) in [5, 5.41) is 29.4. The molecule has 15 heteroatoms. The summed E-state index contributed by atoms with van der Waals surface area (Å²) in [5.41, 5.74) is 2.55. The van der Waals surface area contributed by atoms with E-state index in [4.69, 9.17) is 26.7 Å². The van der Waals surface area contributed by atoms with Crippen LogP contribution in [0.5, 0.6) is 5.75 Å². The Hall–Kier alpha value is -5.26. The molecular weight excluding hydrogens is 720 g/mol. The summed E-state index contributed by atoms with van der Waals surface area (Å²) in [6, 6.07) is 16.8. The topological polar surface area (TPSA) is 162 Å². The number of nitrogens with one attached hydrogen (secondary N) is 2. The average Bonchev–Trinajstić information content (AvgIpc) is 3.64. The van der Waals surface area contributed by atoms with Gasteiger partial charge in [0, 0.05) is 63.2 Å². The molecule has 1 aliphatic carbocycles. The first-order valence-electron chi connectivity index (χ1n) is 19.4. The lowest BCUT2D eigenvalue weighted by molar-refractivity contribution is -0.120. The summed E-state index contributed by atoms with van der Waals surface area (Å²) in [6.07, 6.45) is 9.57. The van der Waals surface area contributed by atoms with Crippen molar-refractivity contribution in [1.29, 1.82) is 5.26 Å². The molecule has 1 saturated carbocycles. The SMILES string of the molecule is N#Cc1ccc(O[C@H]2CC[C@H](NC(=O)c3ccc(N4CCC(CN5CCC(n6ncc7c(N8CCC(=O)NC8=O)cccc76)CC5)CC4)nn3)CC2)cc1Cl. The second-order valence-corrected chi connectivity index (χ2v) is 15.5. The number of nitrogens with zero attached hydrogens (tertiary/aromatic N) is 8. The summed E-state index contributed by atoms with van der Waals surface area (Å²) in [7, 11) is 0. The fourth-order valence-electron chi connectivity index (χ4n) is 8.48. The van der Waals surface area contributed by atoms with Crippen molar-refractivity contribution < 1.29 is 19.1 Å². The molecule has 286 valence electrons. The summed E-state index contributed by atoms with van der Waals surface area (Å²) in [5.74, 6) is 1.62. The zero-order chi connectivity index (χ0) is 37.9. The normalized spacial score (nSPS) is 21.7. The van der Waals surface area contributed by atoms with Gasteiger partial charge in [0.25, 0.3) is 5.91 Å². The second-order valence-electron chi connectivity index (χ2n) is 15.1. The molecule has 4 aliphatic rings. The fourth-order valence-corrected chi connectivity index (χ4v) is 8.70. The Morgan fingerprint density at radius 2 is 1.75 bits per heavy atom. The molecule has 3 aliphatic heterocycles. The van der Waals surface area contributed by atoms with E-state index in [1.54, 1.807) is 29.2 Å². The third-order valence-electron chi connectivity index (χ3n) is 11.6. The minimum Gasteiger partial charge on any atom is -0.490 e. The van der Waals surface area contributed by atoms with Gasteiger partial charge in [0.15, 0.2) is 11.5 Å². The highest BCUT2D eigenvalue weighted by molar-refractivity contribution is 6.31. The maximum Gasteiger partial charge on any atom is 0.328 e. The van der Waals surface area contributed by atoms with Gasteiger partial charge < -0.3 is 19.9 Å². The quantitative estimate of drug-likeness (QED) is 0.224. The Morgan fingerprint density at radius 3 is 2.45 bits per heavy atom. The number of rotatable bonds is 9. The number of nitriles is 1. The summed E-state index contributed by atoms with van der Waals surface area (Å²) in [6.45, 7) is 5.29. The molecule has 0 unspecified atom stereocenters. The first kappa shape index (κ1) is 36.7. The Bertz CT molecular complexity index is 2080. The smallest absolute Gasteiger partial charge is 0.328 e. The molecule has 5 heterocycles. The monoisotopic (exact) mass is 764 g/mol. The van der Waals surface area contributed by atoms with Gasteiger partial charge in [0.05, 0.1) is 40.1 Å². The van der Waals surface area contributed by atoms with Gasteiger partial charge in [0.2, 0.25) is 5.91 Å². The van der Waals surface area contributed by atoms with E-state index in [-0.39, 0.29) is 36.4 Å². The number of fused-ring (bicyclic) bond motifs is 1. The Morgan fingerprint density at radius 1 is 0.945 bits per heavy atom. The van der Waals surface area contributed by atoms with Gasteiger partial charge in [0.1, 0.15) is 11.8 Å². The number of piperidine rings is 2. The number of imide groups is 1. The summed E-state index contributed by atoms with van der Waals surface area (Å²) < 4.78 is 8.21. The van der Waals surface area contributed by atoms with Crippen LogP contribution in [0.3, 0.4) is 0 Å². The lowest BCUT2D eigenvalue weighted by Gasteiger charge is -2.38. The number of aromatic nitrogens is 4. The molecule has 4 amide bonds. The van der Waals surface area contributed by atoms with Crippen LogP contribution >= 0.6 is 11.6 Å². The number of halogens is 1. The molecule has 14 nitrogen and oxygen atoms in total. The van der Waals surface area contributed by atoms with Crippen molar-refractivity contribution in [2.75, 3.05) is 49.1 Å². The Balaban J connectivity index is 0.760. The van der Waals surface area contributed by atoms with Crippen molar-refractivity contribution >= 4 is 51.9 Å². The molecule has 2 N–H and O–H groups in total. The lowest BCUT2D eigenvalue weighted by atomic mass is 9.92. The van der Waals surface area contributed by atoms with Crippen molar-refractivity contribution in [2.45, 2.75) is 76.0 Å². The molecular formula is C40H45ClN10O4. The highest BCUT2D eigenvalue weighted by atomic mass is 35.5. The number of urea groups is 1. The van der Waals surface area contributed by atoms with Gasteiger partial charge in [-0.05, 0) is 93.7 Å². The molecule has 0 atom stereocenters. The number of carbonyl (C=O) groups excluding carboxylic acids is 3. The third-order valence-corrected chi connectivity index (χ3v) is 11.9. The van der Waals surface area contributed by atoms with E-state index in [1.807, 2.05) is 24.4 Å². The number of benzene rings is 2. The van der Waals surface area contributed by atoms with Crippen LogP contribution in [0.1, 0.15) is 79.9 Å². The van der Waals surface area contributed by atoms with Crippen molar-refractivity contribution in [1.82, 2.24) is 35.5 Å². The van der Waals surface area contributed by atoms with Gasteiger partial charge in [-0.2, -0.15) is 10.4 Å². The van der Waals surface area contributed by atoms with E-state index in [0.29, 0.717) is 40.5 Å². The van der Waals surface area contributed by atoms with Gasteiger partial charge in [-0.3, -0.25) is 24.5 Å².